The second-order valence-electron chi connectivity index (χ2n) is 6.89. The highest BCUT2D eigenvalue weighted by Crippen LogP contribution is 2.27. The number of nitrogens with one attached hydrogen (secondary N) is 2. The standard InChI is InChI=1S/C22H32N4O2/c1-16-7-10-18(11-8-16)19(26(3)4)15-25-22(23-2)24-14-17-9-12-20(27-5)21(13-17)28-6/h7-13,19H,14-15H2,1-6H3,(H2,23,24,25). The molecule has 0 aromatic heterocycles. The van der Waals surface area contributed by atoms with Crippen LogP contribution in [0.1, 0.15) is 22.7 Å². The Morgan fingerprint density at radius 1 is 1.00 bits per heavy atom. The van der Waals surface area contributed by atoms with Crippen LogP contribution in [-0.2, 0) is 6.54 Å². The number of methoxy groups -OCH3 is 2. The molecule has 1 atom stereocenters. The molecule has 0 bridgehead atoms. The van der Waals surface area contributed by atoms with E-state index in [9.17, 15) is 0 Å². The Morgan fingerprint density at radius 2 is 1.68 bits per heavy atom. The average molecular weight is 385 g/mol. The second kappa shape index (κ2) is 10.6. The van der Waals surface area contributed by atoms with E-state index in [-0.39, 0.29) is 6.04 Å². The maximum Gasteiger partial charge on any atom is 0.191 e. The molecule has 0 aliphatic rings. The summed E-state index contributed by atoms with van der Waals surface area (Å²) >= 11 is 0. The van der Waals surface area contributed by atoms with Gasteiger partial charge in [0.05, 0.1) is 20.3 Å². The molecule has 0 saturated heterocycles. The van der Waals surface area contributed by atoms with Crippen LogP contribution in [0.4, 0.5) is 0 Å². The lowest BCUT2D eigenvalue weighted by molar-refractivity contribution is 0.298. The largest absolute Gasteiger partial charge is 0.493 e. The zero-order valence-corrected chi connectivity index (χ0v) is 17.7. The third kappa shape index (κ3) is 5.89. The Morgan fingerprint density at radius 3 is 2.25 bits per heavy atom. The number of guanidine groups is 1. The summed E-state index contributed by atoms with van der Waals surface area (Å²) in [5.41, 5.74) is 3.63. The van der Waals surface area contributed by atoms with Gasteiger partial charge in [-0.25, -0.2) is 0 Å². The molecular weight excluding hydrogens is 352 g/mol. The van der Waals surface area contributed by atoms with Crippen molar-refractivity contribution in [3.63, 3.8) is 0 Å². The van der Waals surface area contributed by atoms with Crippen LogP contribution in [-0.4, -0.2) is 52.8 Å². The fourth-order valence-electron chi connectivity index (χ4n) is 2.98. The molecule has 152 valence electrons. The van der Waals surface area contributed by atoms with E-state index in [4.69, 9.17) is 9.47 Å². The Bertz CT molecular complexity index is 773. The van der Waals surface area contributed by atoms with Crippen molar-refractivity contribution in [3.05, 3.63) is 59.2 Å². The van der Waals surface area contributed by atoms with Crippen molar-refractivity contribution in [2.24, 2.45) is 4.99 Å². The van der Waals surface area contributed by atoms with E-state index in [0.29, 0.717) is 6.54 Å². The van der Waals surface area contributed by atoms with Crippen LogP contribution in [0.5, 0.6) is 11.5 Å². The summed E-state index contributed by atoms with van der Waals surface area (Å²) in [7, 11) is 9.23. The fraction of sp³-hybridized carbons (Fsp3) is 0.409. The summed E-state index contributed by atoms with van der Waals surface area (Å²) in [4.78, 5) is 6.55. The van der Waals surface area contributed by atoms with Crippen LogP contribution in [0.2, 0.25) is 0 Å². The van der Waals surface area contributed by atoms with Crippen LogP contribution >= 0.6 is 0 Å². The van der Waals surface area contributed by atoms with E-state index in [2.05, 4.69) is 65.8 Å². The number of ether oxygens (including phenoxy) is 2. The SMILES string of the molecule is CN=C(NCc1ccc(OC)c(OC)c1)NCC(c1ccc(C)cc1)N(C)C. The number of hydrogen-bond donors (Lipinski definition) is 2. The summed E-state index contributed by atoms with van der Waals surface area (Å²) in [5.74, 6) is 2.20. The van der Waals surface area contributed by atoms with Gasteiger partial charge in [0.25, 0.3) is 0 Å². The van der Waals surface area contributed by atoms with Gasteiger partial charge in [-0.05, 0) is 44.3 Å². The van der Waals surface area contributed by atoms with Gasteiger partial charge >= 0.3 is 0 Å². The van der Waals surface area contributed by atoms with Gasteiger partial charge in [0.1, 0.15) is 0 Å². The van der Waals surface area contributed by atoms with Gasteiger partial charge in [-0.2, -0.15) is 0 Å². The third-order valence-electron chi connectivity index (χ3n) is 4.68. The molecule has 0 heterocycles. The number of aryl methyl sites for hydroxylation is 1. The molecule has 2 aromatic carbocycles. The first-order valence-electron chi connectivity index (χ1n) is 9.37. The zero-order valence-electron chi connectivity index (χ0n) is 17.7. The lowest BCUT2D eigenvalue weighted by atomic mass is 10.0. The molecule has 0 fully saturated rings. The van der Waals surface area contributed by atoms with Crippen molar-refractivity contribution in [1.29, 1.82) is 0 Å². The normalized spacial score (nSPS) is 12.6. The van der Waals surface area contributed by atoms with Gasteiger partial charge in [0, 0.05) is 20.1 Å². The molecular formula is C22H32N4O2. The van der Waals surface area contributed by atoms with Crippen LogP contribution < -0.4 is 20.1 Å². The Hall–Kier alpha value is -2.73. The molecule has 0 radical (unpaired) electrons. The minimum absolute atomic E-state index is 0.250. The van der Waals surface area contributed by atoms with Crippen LogP contribution in [0.25, 0.3) is 0 Å². The number of hydrogen-bond acceptors (Lipinski definition) is 4. The first kappa shape index (κ1) is 21.6. The number of rotatable bonds is 8. The average Bonchev–Trinajstić information content (AvgIpc) is 2.71. The highest BCUT2D eigenvalue weighted by molar-refractivity contribution is 5.79. The number of nitrogens with zero attached hydrogens (tertiary/aromatic N) is 2. The lowest BCUT2D eigenvalue weighted by Crippen LogP contribution is -2.41. The van der Waals surface area contributed by atoms with Crippen molar-refractivity contribution >= 4 is 5.96 Å². The van der Waals surface area contributed by atoms with E-state index < -0.39 is 0 Å². The van der Waals surface area contributed by atoms with Crippen molar-refractivity contribution in [2.45, 2.75) is 19.5 Å². The van der Waals surface area contributed by atoms with Crippen molar-refractivity contribution in [3.8, 4) is 11.5 Å². The molecule has 2 rings (SSSR count). The summed E-state index contributed by atoms with van der Waals surface area (Å²) < 4.78 is 10.7. The Kier molecular flexibility index (Phi) is 8.14. The predicted molar refractivity (Wildman–Crippen MR) is 115 cm³/mol. The lowest BCUT2D eigenvalue weighted by Gasteiger charge is -2.26. The maximum atomic E-state index is 5.37. The van der Waals surface area contributed by atoms with Crippen LogP contribution in [0.3, 0.4) is 0 Å². The molecule has 2 N–H and O–H groups in total. The number of likely N-dealkylation sites (N-methyl/N-ethyl adjacent to an activating group) is 1. The molecule has 0 amide bonds. The molecule has 2 aromatic rings. The van der Waals surface area contributed by atoms with E-state index in [1.807, 2.05) is 18.2 Å². The van der Waals surface area contributed by atoms with E-state index in [1.54, 1.807) is 21.3 Å². The molecule has 6 heteroatoms. The van der Waals surface area contributed by atoms with Gasteiger partial charge in [0.15, 0.2) is 17.5 Å². The van der Waals surface area contributed by atoms with Gasteiger partial charge < -0.3 is 25.0 Å². The molecule has 0 aliphatic heterocycles. The van der Waals surface area contributed by atoms with Gasteiger partial charge in [0.2, 0.25) is 0 Å². The molecule has 0 aliphatic carbocycles. The minimum atomic E-state index is 0.250. The summed E-state index contributed by atoms with van der Waals surface area (Å²) in [5, 5.41) is 6.78. The first-order valence-corrected chi connectivity index (χ1v) is 9.37. The molecule has 1 unspecified atom stereocenters. The highest BCUT2D eigenvalue weighted by atomic mass is 16.5. The molecule has 0 spiro atoms. The maximum absolute atomic E-state index is 5.37. The fourth-order valence-corrected chi connectivity index (χ4v) is 2.98. The summed E-state index contributed by atoms with van der Waals surface area (Å²) in [6, 6.07) is 14.8. The highest BCUT2D eigenvalue weighted by Gasteiger charge is 2.14. The Balaban J connectivity index is 1.97. The van der Waals surface area contributed by atoms with Crippen molar-refractivity contribution < 1.29 is 9.47 Å². The topological polar surface area (TPSA) is 58.1 Å². The van der Waals surface area contributed by atoms with Crippen molar-refractivity contribution in [2.75, 3.05) is 41.9 Å². The van der Waals surface area contributed by atoms with E-state index >= 15 is 0 Å². The molecule has 28 heavy (non-hydrogen) atoms. The van der Waals surface area contributed by atoms with Crippen molar-refractivity contribution in [1.82, 2.24) is 15.5 Å². The minimum Gasteiger partial charge on any atom is -0.493 e. The van der Waals surface area contributed by atoms with E-state index in [1.165, 1.54) is 11.1 Å². The summed E-state index contributed by atoms with van der Waals surface area (Å²) in [6.07, 6.45) is 0. The third-order valence-corrected chi connectivity index (χ3v) is 4.68. The first-order chi connectivity index (χ1) is 13.5. The smallest absolute Gasteiger partial charge is 0.191 e. The van der Waals surface area contributed by atoms with Gasteiger partial charge in [-0.15, -0.1) is 0 Å². The van der Waals surface area contributed by atoms with Gasteiger partial charge in [-0.1, -0.05) is 35.9 Å². The Labute approximate surface area is 168 Å². The van der Waals surface area contributed by atoms with Gasteiger partial charge in [-0.3, -0.25) is 4.99 Å². The zero-order chi connectivity index (χ0) is 20.5. The monoisotopic (exact) mass is 384 g/mol. The number of aliphatic imine (C=N–C) groups is 1. The van der Waals surface area contributed by atoms with E-state index in [0.717, 1.165) is 29.6 Å². The van der Waals surface area contributed by atoms with Crippen LogP contribution in [0.15, 0.2) is 47.5 Å². The molecule has 0 saturated carbocycles. The van der Waals surface area contributed by atoms with Crippen LogP contribution in [0, 0.1) is 6.92 Å². The quantitative estimate of drug-likeness (QED) is 0.541. The predicted octanol–water partition coefficient (Wildman–Crippen LogP) is 2.98. The molecule has 6 nitrogen and oxygen atoms in total. The second-order valence-corrected chi connectivity index (χ2v) is 6.89. The summed E-state index contributed by atoms with van der Waals surface area (Å²) in [6.45, 7) is 3.49. The number of benzene rings is 2.